The molecule has 3 rings (SSSR count). The number of nitrogens with one attached hydrogen (secondary N) is 1. The summed E-state index contributed by atoms with van der Waals surface area (Å²) in [5.41, 5.74) is 3.89. The number of aliphatic hydroxyl groups excluding tert-OH is 1. The molecule has 28 heavy (non-hydrogen) atoms. The number of sulfonamides is 1. The highest BCUT2D eigenvalue weighted by Gasteiger charge is 2.26. The zero-order valence-corrected chi connectivity index (χ0v) is 16.4. The van der Waals surface area contributed by atoms with Crippen LogP contribution in [0, 0.1) is 6.92 Å². The molecule has 0 saturated carbocycles. The molecule has 1 saturated heterocycles. The molecule has 2 aromatic heterocycles. The molecule has 0 spiro atoms. The fourth-order valence-electron chi connectivity index (χ4n) is 2.94. The SMILES string of the molecule is Cc1ncc(CO)c(C=NNc2ccc(S(=O)(=O)N3CCCCC3)cn2)c1O. The molecule has 0 atom stereocenters. The van der Waals surface area contributed by atoms with Gasteiger partial charge in [0, 0.05) is 36.6 Å². The smallest absolute Gasteiger partial charge is 0.244 e. The zero-order valence-electron chi connectivity index (χ0n) is 15.5. The van der Waals surface area contributed by atoms with Crippen molar-refractivity contribution in [3.05, 3.63) is 41.3 Å². The molecular weight excluding hydrogens is 382 g/mol. The molecular formula is C18H23N5O4S. The number of aryl methyl sites for hydroxylation is 1. The minimum absolute atomic E-state index is 0.0620. The molecule has 0 aliphatic carbocycles. The first-order chi connectivity index (χ1) is 13.4. The molecule has 0 bridgehead atoms. The number of hydrazone groups is 1. The molecule has 3 N–H and O–H groups in total. The van der Waals surface area contributed by atoms with Gasteiger partial charge in [-0.2, -0.15) is 9.41 Å². The van der Waals surface area contributed by atoms with Crippen molar-refractivity contribution in [2.24, 2.45) is 5.10 Å². The van der Waals surface area contributed by atoms with Crippen LogP contribution in [0.1, 0.15) is 36.1 Å². The Labute approximate surface area is 163 Å². The minimum atomic E-state index is -3.52. The van der Waals surface area contributed by atoms with Crippen LogP contribution in [0.5, 0.6) is 5.75 Å². The molecule has 0 amide bonds. The molecule has 1 aliphatic rings. The number of hydrogen-bond acceptors (Lipinski definition) is 8. The summed E-state index contributed by atoms with van der Waals surface area (Å²) in [4.78, 5) is 8.23. The Morgan fingerprint density at radius 3 is 2.61 bits per heavy atom. The Kier molecular flexibility index (Phi) is 6.22. The summed E-state index contributed by atoms with van der Waals surface area (Å²) >= 11 is 0. The molecule has 0 unspecified atom stereocenters. The average molecular weight is 405 g/mol. The van der Waals surface area contributed by atoms with Gasteiger partial charge in [-0.15, -0.1) is 0 Å². The summed E-state index contributed by atoms with van der Waals surface area (Å²) in [7, 11) is -3.52. The summed E-state index contributed by atoms with van der Waals surface area (Å²) in [5, 5.41) is 23.4. The molecule has 0 radical (unpaired) electrons. The van der Waals surface area contributed by atoms with Gasteiger partial charge in [-0.1, -0.05) is 6.42 Å². The van der Waals surface area contributed by atoms with Crippen molar-refractivity contribution in [3.8, 4) is 5.75 Å². The third-order valence-corrected chi connectivity index (χ3v) is 6.47. The molecule has 1 fully saturated rings. The van der Waals surface area contributed by atoms with E-state index in [1.165, 1.54) is 35.0 Å². The maximum absolute atomic E-state index is 12.6. The number of nitrogens with zero attached hydrogens (tertiary/aromatic N) is 4. The zero-order chi connectivity index (χ0) is 20.1. The van der Waals surface area contributed by atoms with Crippen molar-refractivity contribution in [2.75, 3.05) is 18.5 Å². The van der Waals surface area contributed by atoms with Gasteiger partial charge in [-0.05, 0) is 31.9 Å². The summed E-state index contributed by atoms with van der Waals surface area (Å²) in [6.45, 7) is 2.43. The third-order valence-electron chi connectivity index (χ3n) is 4.59. The lowest BCUT2D eigenvalue weighted by atomic mass is 10.1. The second-order valence-electron chi connectivity index (χ2n) is 6.50. The van der Waals surface area contributed by atoms with Crippen molar-refractivity contribution in [1.29, 1.82) is 0 Å². The number of rotatable bonds is 6. The quantitative estimate of drug-likeness (QED) is 0.492. The number of pyridine rings is 2. The van der Waals surface area contributed by atoms with Crippen LogP contribution in [-0.2, 0) is 16.6 Å². The van der Waals surface area contributed by atoms with Crippen LogP contribution in [0.4, 0.5) is 5.82 Å². The molecule has 1 aliphatic heterocycles. The van der Waals surface area contributed by atoms with Gasteiger partial charge < -0.3 is 10.2 Å². The van der Waals surface area contributed by atoms with Gasteiger partial charge in [0.15, 0.2) is 0 Å². The largest absolute Gasteiger partial charge is 0.505 e. The van der Waals surface area contributed by atoms with Crippen LogP contribution >= 0.6 is 0 Å². The van der Waals surface area contributed by atoms with E-state index in [1.54, 1.807) is 6.92 Å². The lowest BCUT2D eigenvalue weighted by molar-refractivity contribution is 0.280. The highest BCUT2D eigenvalue weighted by Crippen LogP contribution is 2.23. The van der Waals surface area contributed by atoms with E-state index in [4.69, 9.17) is 0 Å². The van der Waals surface area contributed by atoms with E-state index in [2.05, 4.69) is 20.5 Å². The first-order valence-corrected chi connectivity index (χ1v) is 10.4. The normalized spacial score (nSPS) is 15.8. The van der Waals surface area contributed by atoms with Crippen molar-refractivity contribution in [3.63, 3.8) is 0 Å². The average Bonchev–Trinajstić information content (AvgIpc) is 2.72. The summed E-state index contributed by atoms with van der Waals surface area (Å²) < 4.78 is 26.7. The Bertz CT molecular complexity index is 955. The second kappa shape index (κ2) is 8.63. The number of aliphatic hydroxyl groups is 1. The number of piperidine rings is 1. The van der Waals surface area contributed by atoms with Gasteiger partial charge in [-0.25, -0.2) is 13.4 Å². The van der Waals surface area contributed by atoms with Crippen molar-refractivity contribution in [1.82, 2.24) is 14.3 Å². The van der Waals surface area contributed by atoms with Gasteiger partial charge in [0.2, 0.25) is 10.0 Å². The van der Waals surface area contributed by atoms with E-state index in [-0.39, 0.29) is 17.3 Å². The van der Waals surface area contributed by atoms with E-state index < -0.39 is 10.0 Å². The third kappa shape index (κ3) is 4.29. The van der Waals surface area contributed by atoms with Gasteiger partial charge >= 0.3 is 0 Å². The number of aromatic nitrogens is 2. The lowest BCUT2D eigenvalue weighted by Gasteiger charge is -2.25. The molecule has 10 heteroatoms. The predicted octanol–water partition coefficient (Wildman–Crippen LogP) is 1.60. The number of aromatic hydroxyl groups is 1. The summed E-state index contributed by atoms with van der Waals surface area (Å²) in [6.07, 6.45) is 6.92. The minimum Gasteiger partial charge on any atom is -0.505 e. The monoisotopic (exact) mass is 405 g/mol. The van der Waals surface area contributed by atoms with E-state index in [1.807, 2.05) is 0 Å². The predicted molar refractivity (Wildman–Crippen MR) is 105 cm³/mol. The number of anilines is 1. The van der Waals surface area contributed by atoms with Gasteiger partial charge in [0.25, 0.3) is 0 Å². The molecule has 2 aromatic rings. The van der Waals surface area contributed by atoms with Crippen LogP contribution in [0.15, 0.2) is 34.5 Å². The van der Waals surface area contributed by atoms with Gasteiger partial charge in [0.1, 0.15) is 16.5 Å². The second-order valence-corrected chi connectivity index (χ2v) is 8.44. The van der Waals surface area contributed by atoms with Crippen molar-refractivity contribution in [2.45, 2.75) is 37.7 Å². The standard InChI is InChI=1S/C18H23N5O4S/c1-13-18(25)16(14(12-24)9-19-13)11-21-22-17-6-5-15(10-20-17)28(26,27)23-7-3-2-4-8-23/h5-6,9-11,24-25H,2-4,7-8,12H2,1H3,(H,20,22). The van der Waals surface area contributed by atoms with Crippen LogP contribution in [-0.4, -0.2) is 52.2 Å². The van der Waals surface area contributed by atoms with Crippen LogP contribution < -0.4 is 5.43 Å². The molecule has 0 aromatic carbocycles. The highest BCUT2D eigenvalue weighted by atomic mass is 32.2. The summed E-state index contributed by atoms with van der Waals surface area (Å²) in [5.74, 6) is 0.290. The first-order valence-electron chi connectivity index (χ1n) is 8.97. The fraction of sp³-hybridized carbons (Fsp3) is 0.389. The van der Waals surface area contributed by atoms with Gasteiger partial charge in [-0.3, -0.25) is 10.4 Å². The van der Waals surface area contributed by atoms with Crippen molar-refractivity contribution < 1.29 is 18.6 Å². The van der Waals surface area contributed by atoms with Gasteiger partial charge in [0.05, 0.1) is 18.5 Å². The highest BCUT2D eigenvalue weighted by molar-refractivity contribution is 7.89. The van der Waals surface area contributed by atoms with Crippen LogP contribution in [0.25, 0.3) is 0 Å². The Balaban J connectivity index is 1.72. The number of hydrogen-bond donors (Lipinski definition) is 3. The Morgan fingerprint density at radius 2 is 1.96 bits per heavy atom. The van der Waals surface area contributed by atoms with E-state index >= 15 is 0 Å². The van der Waals surface area contributed by atoms with E-state index in [0.717, 1.165) is 19.3 Å². The van der Waals surface area contributed by atoms with Crippen molar-refractivity contribution >= 4 is 22.1 Å². The lowest BCUT2D eigenvalue weighted by Crippen LogP contribution is -2.35. The Hall–Kier alpha value is -2.56. The van der Waals surface area contributed by atoms with Crippen LogP contribution in [0.3, 0.4) is 0 Å². The summed E-state index contributed by atoms with van der Waals surface area (Å²) in [6, 6.07) is 3.01. The van der Waals surface area contributed by atoms with E-state index in [0.29, 0.717) is 35.7 Å². The topological polar surface area (TPSA) is 128 Å². The first kappa shape index (κ1) is 20.2. The fourth-order valence-corrected chi connectivity index (χ4v) is 4.40. The maximum atomic E-state index is 12.6. The molecule has 9 nitrogen and oxygen atoms in total. The molecule has 3 heterocycles. The van der Waals surface area contributed by atoms with Crippen LogP contribution in [0.2, 0.25) is 0 Å². The van der Waals surface area contributed by atoms with E-state index in [9.17, 15) is 18.6 Å². The maximum Gasteiger partial charge on any atom is 0.244 e. The Morgan fingerprint density at radius 1 is 1.21 bits per heavy atom. The molecule has 150 valence electrons.